The van der Waals surface area contributed by atoms with E-state index in [0.29, 0.717) is 4.83 Å². The van der Waals surface area contributed by atoms with Crippen molar-refractivity contribution in [3.63, 3.8) is 0 Å². The SMILES string of the molecule is Cc1ccc(CC(Br)c2cccc(OC(C)C)c2)cc1C. The lowest BCUT2D eigenvalue weighted by Gasteiger charge is -2.15. The van der Waals surface area contributed by atoms with Gasteiger partial charge in [0.15, 0.2) is 0 Å². The van der Waals surface area contributed by atoms with Gasteiger partial charge in [0, 0.05) is 4.83 Å². The largest absolute Gasteiger partial charge is 0.491 e. The number of ether oxygens (including phenoxy) is 1. The summed E-state index contributed by atoms with van der Waals surface area (Å²) in [7, 11) is 0. The van der Waals surface area contributed by atoms with E-state index in [1.165, 1.54) is 22.3 Å². The molecule has 0 radical (unpaired) electrons. The molecule has 0 aliphatic heterocycles. The predicted molar refractivity (Wildman–Crippen MR) is 93.5 cm³/mol. The molecule has 0 bridgehead atoms. The summed E-state index contributed by atoms with van der Waals surface area (Å²) in [6.07, 6.45) is 1.18. The molecule has 0 N–H and O–H groups in total. The van der Waals surface area contributed by atoms with Crippen LogP contribution >= 0.6 is 15.9 Å². The van der Waals surface area contributed by atoms with Gasteiger partial charge in [0.2, 0.25) is 0 Å². The van der Waals surface area contributed by atoms with Gasteiger partial charge in [-0.15, -0.1) is 0 Å². The number of alkyl halides is 1. The first-order chi connectivity index (χ1) is 9.95. The Morgan fingerprint density at radius 1 is 1.00 bits per heavy atom. The van der Waals surface area contributed by atoms with E-state index in [2.05, 4.69) is 66.2 Å². The van der Waals surface area contributed by atoms with Crippen LogP contribution < -0.4 is 4.74 Å². The summed E-state index contributed by atoms with van der Waals surface area (Å²) < 4.78 is 5.77. The van der Waals surface area contributed by atoms with E-state index in [4.69, 9.17) is 4.74 Å². The Bertz CT molecular complexity index is 604. The first-order valence-corrected chi connectivity index (χ1v) is 8.34. The lowest BCUT2D eigenvalue weighted by molar-refractivity contribution is 0.242. The van der Waals surface area contributed by atoms with Gasteiger partial charge in [0.25, 0.3) is 0 Å². The first kappa shape index (κ1) is 16.1. The van der Waals surface area contributed by atoms with Crippen LogP contribution in [0.25, 0.3) is 0 Å². The quantitative estimate of drug-likeness (QED) is 0.624. The van der Waals surface area contributed by atoms with Crippen molar-refractivity contribution in [2.75, 3.05) is 0 Å². The zero-order chi connectivity index (χ0) is 15.4. The topological polar surface area (TPSA) is 9.23 Å². The van der Waals surface area contributed by atoms with Gasteiger partial charge in [-0.1, -0.05) is 46.3 Å². The van der Waals surface area contributed by atoms with Crippen LogP contribution in [0.2, 0.25) is 0 Å². The summed E-state index contributed by atoms with van der Waals surface area (Å²) >= 11 is 3.81. The molecule has 0 fully saturated rings. The minimum absolute atomic E-state index is 0.203. The molecule has 0 saturated heterocycles. The summed E-state index contributed by atoms with van der Waals surface area (Å²) in [6.45, 7) is 8.41. The smallest absolute Gasteiger partial charge is 0.119 e. The van der Waals surface area contributed by atoms with Crippen molar-refractivity contribution >= 4 is 15.9 Å². The molecule has 1 unspecified atom stereocenters. The summed E-state index contributed by atoms with van der Waals surface area (Å²) in [6, 6.07) is 15.0. The van der Waals surface area contributed by atoms with Crippen molar-refractivity contribution in [2.45, 2.75) is 45.0 Å². The molecule has 2 rings (SSSR count). The van der Waals surface area contributed by atoms with Crippen LogP contribution in [0.5, 0.6) is 5.75 Å². The predicted octanol–water partition coefficient (Wildman–Crippen LogP) is 5.77. The summed E-state index contributed by atoms with van der Waals surface area (Å²) in [5.41, 5.74) is 5.31. The van der Waals surface area contributed by atoms with Crippen LogP contribution in [0.3, 0.4) is 0 Å². The van der Waals surface area contributed by atoms with E-state index in [1.54, 1.807) is 0 Å². The minimum Gasteiger partial charge on any atom is -0.491 e. The van der Waals surface area contributed by atoms with Crippen molar-refractivity contribution in [3.8, 4) is 5.75 Å². The van der Waals surface area contributed by atoms with Crippen molar-refractivity contribution in [3.05, 3.63) is 64.7 Å². The summed E-state index contributed by atoms with van der Waals surface area (Å²) in [4.78, 5) is 0.301. The molecule has 2 aromatic rings. The Hall–Kier alpha value is -1.28. The number of benzene rings is 2. The van der Waals surface area contributed by atoms with Gasteiger partial charge in [0.05, 0.1) is 6.10 Å². The van der Waals surface area contributed by atoms with Gasteiger partial charge in [0.1, 0.15) is 5.75 Å². The zero-order valence-electron chi connectivity index (χ0n) is 13.2. The molecule has 2 heteroatoms. The van der Waals surface area contributed by atoms with Gasteiger partial charge >= 0.3 is 0 Å². The van der Waals surface area contributed by atoms with E-state index >= 15 is 0 Å². The normalized spacial score (nSPS) is 12.5. The van der Waals surface area contributed by atoms with Gasteiger partial charge in [-0.25, -0.2) is 0 Å². The van der Waals surface area contributed by atoms with Gasteiger partial charge < -0.3 is 4.74 Å². The third kappa shape index (κ3) is 4.60. The lowest BCUT2D eigenvalue weighted by atomic mass is 10.0. The molecule has 0 aliphatic carbocycles. The molecule has 0 saturated carbocycles. The number of hydrogen-bond acceptors (Lipinski definition) is 1. The Labute approximate surface area is 136 Å². The maximum Gasteiger partial charge on any atom is 0.119 e. The Balaban J connectivity index is 2.12. The second-order valence-electron chi connectivity index (χ2n) is 5.83. The molecule has 112 valence electrons. The number of hydrogen-bond donors (Lipinski definition) is 0. The van der Waals surface area contributed by atoms with Crippen LogP contribution in [-0.2, 0) is 6.42 Å². The highest BCUT2D eigenvalue weighted by atomic mass is 79.9. The molecule has 21 heavy (non-hydrogen) atoms. The molecule has 0 aliphatic rings. The molecule has 0 spiro atoms. The lowest BCUT2D eigenvalue weighted by Crippen LogP contribution is -2.06. The molecular formula is C19H23BrO. The highest BCUT2D eigenvalue weighted by molar-refractivity contribution is 9.09. The molecule has 1 nitrogen and oxygen atoms in total. The van der Waals surface area contributed by atoms with Crippen LogP contribution in [0, 0.1) is 13.8 Å². The molecule has 0 heterocycles. The maximum absolute atomic E-state index is 5.77. The Morgan fingerprint density at radius 2 is 1.76 bits per heavy atom. The number of halogens is 1. The van der Waals surface area contributed by atoms with Crippen LogP contribution in [0.1, 0.15) is 40.9 Å². The van der Waals surface area contributed by atoms with Crippen LogP contribution in [-0.4, -0.2) is 6.10 Å². The van der Waals surface area contributed by atoms with Crippen LogP contribution in [0.15, 0.2) is 42.5 Å². The third-order valence-corrected chi connectivity index (χ3v) is 4.43. The highest BCUT2D eigenvalue weighted by Gasteiger charge is 2.10. The van der Waals surface area contributed by atoms with E-state index in [-0.39, 0.29) is 6.10 Å². The third-order valence-electron chi connectivity index (χ3n) is 3.58. The van der Waals surface area contributed by atoms with Crippen LogP contribution in [0.4, 0.5) is 0 Å². The fourth-order valence-electron chi connectivity index (χ4n) is 2.31. The average molecular weight is 347 g/mol. The van der Waals surface area contributed by atoms with Gasteiger partial charge in [-0.3, -0.25) is 0 Å². The standard InChI is InChI=1S/C19H23BrO/c1-13(2)21-18-7-5-6-17(12-18)19(20)11-16-9-8-14(3)15(4)10-16/h5-10,12-13,19H,11H2,1-4H3. The van der Waals surface area contributed by atoms with E-state index in [0.717, 1.165) is 12.2 Å². The Morgan fingerprint density at radius 3 is 2.43 bits per heavy atom. The van der Waals surface area contributed by atoms with Crippen molar-refractivity contribution in [1.29, 1.82) is 0 Å². The van der Waals surface area contributed by atoms with Crippen molar-refractivity contribution in [2.24, 2.45) is 0 Å². The highest BCUT2D eigenvalue weighted by Crippen LogP contribution is 2.30. The maximum atomic E-state index is 5.77. The van der Waals surface area contributed by atoms with Crippen molar-refractivity contribution in [1.82, 2.24) is 0 Å². The first-order valence-electron chi connectivity index (χ1n) is 7.42. The molecule has 1 atom stereocenters. The second kappa shape index (κ2) is 7.13. The zero-order valence-corrected chi connectivity index (χ0v) is 14.8. The molecule has 0 amide bonds. The van der Waals surface area contributed by atoms with E-state index < -0.39 is 0 Å². The average Bonchev–Trinajstić information content (AvgIpc) is 2.42. The molecule has 2 aromatic carbocycles. The van der Waals surface area contributed by atoms with Gasteiger partial charge in [-0.05, 0) is 68.5 Å². The summed E-state index contributed by atoms with van der Waals surface area (Å²) in [5.74, 6) is 0.937. The van der Waals surface area contributed by atoms with E-state index in [9.17, 15) is 0 Å². The second-order valence-corrected chi connectivity index (χ2v) is 6.93. The Kier molecular flexibility index (Phi) is 5.46. The number of aryl methyl sites for hydroxylation is 2. The minimum atomic E-state index is 0.203. The van der Waals surface area contributed by atoms with E-state index in [1.807, 2.05) is 19.9 Å². The van der Waals surface area contributed by atoms with Crippen molar-refractivity contribution < 1.29 is 4.74 Å². The number of rotatable bonds is 5. The monoisotopic (exact) mass is 346 g/mol. The van der Waals surface area contributed by atoms with Gasteiger partial charge in [-0.2, -0.15) is 0 Å². The molecular weight excluding hydrogens is 324 g/mol. The fraction of sp³-hybridized carbons (Fsp3) is 0.368. The molecule has 0 aromatic heterocycles. The fourth-order valence-corrected chi connectivity index (χ4v) is 2.97. The summed E-state index contributed by atoms with van der Waals surface area (Å²) in [5, 5.41) is 0.